The van der Waals surface area contributed by atoms with Crippen molar-refractivity contribution in [2.24, 2.45) is 5.73 Å². The van der Waals surface area contributed by atoms with E-state index in [4.69, 9.17) is 5.73 Å². The zero-order valence-electron chi connectivity index (χ0n) is 14.4. The lowest BCUT2D eigenvalue weighted by atomic mass is 9.95. The Morgan fingerprint density at radius 1 is 1.20 bits per heavy atom. The van der Waals surface area contributed by atoms with Gasteiger partial charge in [-0.3, -0.25) is 9.59 Å². The van der Waals surface area contributed by atoms with Crippen molar-refractivity contribution >= 4 is 33.8 Å². The standard InChI is InChI=1S/C19H23N3O2S/c1-2-22(13-8-4-3-5-9-13)12-16(23)21-19-17(18(20)24)14-10-6-7-11-15(14)25-19/h3-5,8-9H,2,6-7,10-12H2,1H3,(H2,20,24)(H,21,23). The number of aryl methyl sites for hydroxylation is 1. The Kier molecular flexibility index (Phi) is 5.38. The quantitative estimate of drug-likeness (QED) is 0.834. The van der Waals surface area contributed by atoms with Crippen molar-refractivity contribution in [3.63, 3.8) is 0 Å². The third-order valence-electron chi connectivity index (χ3n) is 4.51. The highest BCUT2D eigenvalue weighted by Crippen LogP contribution is 2.37. The molecule has 0 saturated heterocycles. The number of likely N-dealkylation sites (N-methyl/N-ethyl adjacent to an activating group) is 1. The second-order valence-electron chi connectivity index (χ2n) is 6.18. The number of nitrogens with two attached hydrogens (primary N) is 1. The summed E-state index contributed by atoms with van der Waals surface area (Å²) in [7, 11) is 0. The number of para-hydroxylation sites is 1. The number of carbonyl (C=O) groups excluding carboxylic acids is 2. The first-order valence-electron chi connectivity index (χ1n) is 8.64. The van der Waals surface area contributed by atoms with Crippen molar-refractivity contribution in [2.75, 3.05) is 23.3 Å². The molecule has 25 heavy (non-hydrogen) atoms. The van der Waals surface area contributed by atoms with Gasteiger partial charge in [-0.1, -0.05) is 18.2 Å². The van der Waals surface area contributed by atoms with E-state index >= 15 is 0 Å². The number of anilines is 2. The minimum atomic E-state index is -0.454. The smallest absolute Gasteiger partial charge is 0.251 e. The van der Waals surface area contributed by atoms with Crippen LogP contribution in [-0.2, 0) is 17.6 Å². The Morgan fingerprint density at radius 3 is 2.60 bits per heavy atom. The highest BCUT2D eigenvalue weighted by molar-refractivity contribution is 7.17. The van der Waals surface area contributed by atoms with Gasteiger partial charge in [-0.05, 0) is 50.3 Å². The molecule has 2 aromatic rings. The minimum absolute atomic E-state index is 0.133. The Labute approximate surface area is 151 Å². The molecular weight excluding hydrogens is 334 g/mol. The van der Waals surface area contributed by atoms with Gasteiger partial charge in [0.25, 0.3) is 5.91 Å². The number of nitrogens with one attached hydrogen (secondary N) is 1. The number of fused-ring (bicyclic) bond motifs is 1. The van der Waals surface area contributed by atoms with Gasteiger partial charge in [-0.25, -0.2) is 0 Å². The third-order valence-corrected chi connectivity index (χ3v) is 5.72. The average Bonchev–Trinajstić information content (AvgIpc) is 2.98. The molecule has 0 fully saturated rings. The van der Waals surface area contributed by atoms with Crippen LogP contribution in [-0.4, -0.2) is 24.9 Å². The predicted octanol–water partition coefficient (Wildman–Crippen LogP) is 3.19. The Bertz CT molecular complexity index is 770. The molecule has 0 spiro atoms. The van der Waals surface area contributed by atoms with E-state index in [-0.39, 0.29) is 12.5 Å². The van der Waals surface area contributed by atoms with E-state index < -0.39 is 5.91 Å². The number of primary amides is 1. The number of carbonyl (C=O) groups is 2. The molecule has 1 aliphatic carbocycles. The molecule has 2 amide bonds. The highest BCUT2D eigenvalue weighted by Gasteiger charge is 2.25. The van der Waals surface area contributed by atoms with Gasteiger partial charge in [-0.2, -0.15) is 0 Å². The minimum Gasteiger partial charge on any atom is -0.365 e. The first-order valence-corrected chi connectivity index (χ1v) is 9.46. The maximum absolute atomic E-state index is 12.5. The van der Waals surface area contributed by atoms with E-state index in [0.29, 0.717) is 10.6 Å². The molecule has 1 aromatic heterocycles. The van der Waals surface area contributed by atoms with Crippen molar-refractivity contribution < 1.29 is 9.59 Å². The molecule has 6 heteroatoms. The molecule has 1 heterocycles. The van der Waals surface area contributed by atoms with Crippen LogP contribution in [0.15, 0.2) is 30.3 Å². The van der Waals surface area contributed by atoms with Crippen LogP contribution >= 0.6 is 11.3 Å². The Balaban J connectivity index is 1.77. The first-order chi connectivity index (χ1) is 12.1. The summed E-state index contributed by atoms with van der Waals surface area (Å²) in [5, 5.41) is 3.53. The van der Waals surface area contributed by atoms with Gasteiger partial charge >= 0.3 is 0 Å². The van der Waals surface area contributed by atoms with Crippen LogP contribution in [0.1, 0.15) is 40.6 Å². The summed E-state index contributed by atoms with van der Waals surface area (Å²) >= 11 is 1.50. The molecule has 1 aliphatic rings. The van der Waals surface area contributed by atoms with Crippen LogP contribution in [0.3, 0.4) is 0 Å². The molecular formula is C19H23N3O2S. The zero-order chi connectivity index (χ0) is 17.8. The van der Waals surface area contributed by atoms with Gasteiger partial charge in [0.05, 0.1) is 12.1 Å². The monoisotopic (exact) mass is 357 g/mol. The van der Waals surface area contributed by atoms with E-state index in [9.17, 15) is 9.59 Å². The normalized spacial score (nSPS) is 13.2. The molecule has 0 aliphatic heterocycles. The van der Waals surface area contributed by atoms with Gasteiger partial charge in [0, 0.05) is 17.1 Å². The summed E-state index contributed by atoms with van der Waals surface area (Å²) in [5.41, 5.74) is 8.13. The van der Waals surface area contributed by atoms with E-state index in [1.54, 1.807) is 0 Å². The molecule has 3 N–H and O–H groups in total. The summed E-state index contributed by atoms with van der Waals surface area (Å²) in [5.74, 6) is -0.586. The fourth-order valence-corrected chi connectivity index (χ4v) is 4.59. The zero-order valence-corrected chi connectivity index (χ0v) is 15.2. The summed E-state index contributed by atoms with van der Waals surface area (Å²) in [6, 6.07) is 9.82. The number of amides is 2. The van der Waals surface area contributed by atoms with Crippen LogP contribution in [0.5, 0.6) is 0 Å². The topological polar surface area (TPSA) is 75.4 Å². The Morgan fingerprint density at radius 2 is 1.92 bits per heavy atom. The van der Waals surface area contributed by atoms with Crippen LogP contribution in [0.25, 0.3) is 0 Å². The van der Waals surface area contributed by atoms with Crippen molar-refractivity contribution in [1.29, 1.82) is 0 Å². The van der Waals surface area contributed by atoms with Crippen molar-refractivity contribution in [1.82, 2.24) is 0 Å². The van der Waals surface area contributed by atoms with Crippen molar-refractivity contribution in [3.05, 3.63) is 46.3 Å². The number of hydrogen-bond donors (Lipinski definition) is 2. The summed E-state index contributed by atoms with van der Waals surface area (Å²) in [6.45, 7) is 2.97. The first kappa shape index (κ1) is 17.5. The summed E-state index contributed by atoms with van der Waals surface area (Å²) < 4.78 is 0. The van der Waals surface area contributed by atoms with Gasteiger partial charge in [0.2, 0.25) is 5.91 Å². The Hall–Kier alpha value is -2.34. The van der Waals surface area contributed by atoms with Gasteiger partial charge in [0.1, 0.15) is 5.00 Å². The molecule has 5 nitrogen and oxygen atoms in total. The number of hydrogen-bond acceptors (Lipinski definition) is 4. The number of nitrogens with zero attached hydrogens (tertiary/aromatic N) is 1. The average molecular weight is 357 g/mol. The van der Waals surface area contributed by atoms with Crippen LogP contribution in [0, 0.1) is 0 Å². The molecule has 0 atom stereocenters. The molecule has 0 saturated carbocycles. The molecule has 132 valence electrons. The fraction of sp³-hybridized carbons (Fsp3) is 0.368. The van der Waals surface area contributed by atoms with Gasteiger partial charge < -0.3 is 16.0 Å². The number of benzene rings is 1. The van der Waals surface area contributed by atoms with Crippen LogP contribution in [0.4, 0.5) is 10.7 Å². The maximum atomic E-state index is 12.5. The maximum Gasteiger partial charge on any atom is 0.251 e. The summed E-state index contributed by atoms with van der Waals surface area (Å²) in [6.07, 6.45) is 4.01. The molecule has 0 bridgehead atoms. The SMILES string of the molecule is CCN(CC(=O)Nc1sc2c(c1C(N)=O)CCCC2)c1ccccc1. The lowest BCUT2D eigenvalue weighted by Gasteiger charge is -2.22. The van der Waals surface area contributed by atoms with E-state index in [0.717, 1.165) is 43.5 Å². The highest BCUT2D eigenvalue weighted by atomic mass is 32.1. The molecule has 0 unspecified atom stereocenters. The van der Waals surface area contributed by atoms with Crippen molar-refractivity contribution in [2.45, 2.75) is 32.6 Å². The van der Waals surface area contributed by atoms with E-state index in [2.05, 4.69) is 5.32 Å². The van der Waals surface area contributed by atoms with Crippen LogP contribution in [0.2, 0.25) is 0 Å². The second kappa shape index (κ2) is 7.70. The molecule has 3 rings (SSSR count). The van der Waals surface area contributed by atoms with Gasteiger partial charge in [0.15, 0.2) is 0 Å². The molecule has 1 aromatic carbocycles. The van der Waals surface area contributed by atoms with E-state index in [1.165, 1.54) is 16.2 Å². The largest absolute Gasteiger partial charge is 0.365 e. The molecule has 0 radical (unpaired) electrons. The predicted molar refractivity (Wildman–Crippen MR) is 102 cm³/mol. The number of thiophene rings is 1. The fourth-order valence-electron chi connectivity index (χ4n) is 3.28. The van der Waals surface area contributed by atoms with Crippen molar-refractivity contribution in [3.8, 4) is 0 Å². The lowest BCUT2D eigenvalue weighted by molar-refractivity contribution is -0.114. The van der Waals surface area contributed by atoms with E-state index in [1.807, 2.05) is 42.2 Å². The third kappa shape index (κ3) is 3.85. The van der Waals surface area contributed by atoms with Gasteiger partial charge in [-0.15, -0.1) is 11.3 Å². The second-order valence-corrected chi connectivity index (χ2v) is 7.28. The van der Waals surface area contributed by atoms with Crippen LogP contribution < -0.4 is 16.0 Å². The lowest BCUT2D eigenvalue weighted by Crippen LogP contribution is -2.33. The summed E-state index contributed by atoms with van der Waals surface area (Å²) in [4.78, 5) is 27.6. The number of rotatable bonds is 6.